The summed E-state index contributed by atoms with van der Waals surface area (Å²) in [5.74, 6) is 1.47. The summed E-state index contributed by atoms with van der Waals surface area (Å²) < 4.78 is 0. The van der Waals surface area contributed by atoms with Crippen LogP contribution in [0.5, 0.6) is 0 Å². The number of nitrogens with one attached hydrogen (secondary N) is 1. The lowest BCUT2D eigenvalue weighted by molar-refractivity contribution is -0.165. The minimum Gasteiger partial charge on any atom is -0.396 e. The summed E-state index contributed by atoms with van der Waals surface area (Å²) in [7, 11) is 0. The summed E-state index contributed by atoms with van der Waals surface area (Å²) in [6.45, 7) is 6.14. The number of rotatable bonds is 4. The van der Waals surface area contributed by atoms with Crippen molar-refractivity contribution in [3.05, 3.63) is 0 Å². The molecule has 4 aliphatic carbocycles. The second-order valence-electron chi connectivity index (χ2n) is 11.2. The van der Waals surface area contributed by atoms with Crippen molar-refractivity contribution in [2.24, 2.45) is 45.6 Å². The molecule has 6 heteroatoms. The van der Waals surface area contributed by atoms with Crippen LogP contribution in [0, 0.1) is 40.4 Å². The summed E-state index contributed by atoms with van der Waals surface area (Å²) in [5.41, 5.74) is 0.410. The summed E-state index contributed by atoms with van der Waals surface area (Å²) in [6.07, 6.45) is 7.57. The number of ketones is 2. The molecule has 0 aromatic heterocycles. The van der Waals surface area contributed by atoms with Crippen molar-refractivity contribution >= 4 is 17.3 Å². The Morgan fingerprint density at radius 3 is 2.71 bits per heavy atom. The minimum absolute atomic E-state index is 0.0576. The van der Waals surface area contributed by atoms with E-state index in [1.165, 1.54) is 0 Å². The number of oxime groups is 1. The maximum atomic E-state index is 13.7. The molecule has 172 valence electrons. The Labute approximate surface area is 185 Å². The Morgan fingerprint density at radius 1 is 1.16 bits per heavy atom. The van der Waals surface area contributed by atoms with Gasteiger partial charge in [-0.1, -0.05) is 19.0 Å². The van der Waals surface area contributed by atoms with Crippen molar-refractivity contribution in [3.63, 3.8) is 0 Å². The van der Waals surface area contributed by atoms with Crippen molar-refractivity contribution in [3.8, 4) is 0 Å². The van der Waals surface area contributed by atoms with Gasteiger partial charge in [-0.2, -0.15) is 0 Å². The third-order valence-electron chi connectivity index (χ3n) is 10.0. The second-order valence-corrected chi connectivity index (χ2v) is 11.2. The van der Waals surface area contributed by atoms with Gasteiger partial charge < -0.3 is 15.3 Å². The van der Waals surface area contributed by atoms with Crippen LogP contribution < -0.4 is 5.32 Å². The smallest absolute Gasteiger partial charge is 0.141 e. The molecule has 5 fully saturated rings. The fourth-order valence-electron chi connectivity index (χ4n) is 8.41. The molecular weight excluding hydrogens is 392 g/mol. The zero-order valence-electron chi connectivity index (χ0n) is 19.1. The average Bonchev–Trinajstić information content (AvgIpc) is 3.40. The molecule has 31 heavy (non-hydrogen) atoms. The number of aliphatic hydroxyl groups excluding tert-OH is 1. The Balaban J connectivity index is 1.45. The van der Waals surface area contributed by atoms with Gasteiger partial charge in [0, 0.05) is 55.1 Å². The molecular formula is C25H38N2O4. The van der Waals surface area contributed by atoms with Gasteiger partial charge in [-0.3, -0.25) is 9.59 Å². The predicted molar refractivity (Wildman–Crippen MR) is 117 cm³/mol. The lowest BCUT2D eigenvalue weighted by Crippen LogP contribution is -2.61. The summed E-state index contributed by atoms with van der Waals surface area (Å²) in [4.78, 5) is 32.2. The molecule has 0 radical (unpaired) electrons. The number of carbonyl (C=O) groups is 2. The second kappa shape index (κ2) is 7.95. The van der Waals surface area contributed by atoms with E-state index in [1.54, 1.807) is 0 Å². The molecule has 0 aromatic rings. The molecule has 0 bridgehead atoms. The third kappa shape index (κ3) is 3.15. The zero-order chi connectivity index (χ0) is 21.8. The fraction of sp³-hybridized carbons (Fsp3) is 0.880. The number of Topliss-reactive ketones (excluding diaryl/α,β-unsaturated/α-hetero) is 2. The standard InChI is InChI=1S/C25H38N2O4/c1-3-16-20(27-31-15-8-11-26-13-15)7-10-25(14-28)19-6-9-24(2)18(4-5-22(24)30)17(19)12-21(29)23(16)25/h15-19,23,26,28H,3-14H2,1-2H3/b27-20+/t15?,16-,17?,18?,19?,23?,24-,25-/m0/s1. The molecule has 2 N–H and O–H groups in total. The highest BCUT2D eigenvalue weighted by molar-refractivity contribution is 5.95. The van der Waals surface area contributed by atoms with Crippen LogP contribution in [0.2, 0.25) is 0 Å². The van der Waals surface area contributed by atoms with Gasteiger partial charge in [0.1, 0.15) is 17.7 Å². The summed E-state index contributed by atoms with van der Waals surface area (Å²) >= 11 is 0. The van der Waals surface area contributed by atoms with Crippen LogP contribution >= 0.6 is 0 Å². The first-order valence-electron chi connectivity index (χ1n) is 12.5. The number of fused-ring (bicyclic) bond motifs is 5. The first-order valence-corrected chi connectivity index (χ1v) is 12.5. The van der Waals surface area contributed by atoms with Crippen LogP contribution in [-0.2, 0) is 14.4 Å². The molecule has 6 nitrogen and oxygen atoms in total. The van der Waals surface area contributed by atoms with E-state index in [-0.39, 0.29) is 41.3 Å². The Kier molecular flexibility index (Phi) is 5.53. The molecule has 8 atom stereocenters. The van der Waals surface area contributed by atoms with Crippen molar-refractivity contribution in [2.75, 3.05) is 19.7 Å². The quantitative estimate of drug-likeness (QED) is 0.669. The lowest BCUT2D eigenvalue weighted by atomic mass is 9.43. The molecule has 0 amide bonds. The predicted octanol–water partition coefficient (Wildman–Crippen LogP) is 3.12. The van der Waals surface area contributed by atoms with Gasteiger partial charge in [0.05, 0.1) is 5.71 Å². The molecule has 0 spiro atoms. The molecule has 4 saturated carbocycles. The number of nitrogens with zero attached hydrogens (tertiary/aromatic N) is 1. The van der Waals surface area contributed by atoms with Gasteiger partial charge in [0.25, 0.3) is 0 Å². The van der Waals surface area contributed by atoms with E-state index in [4.69, 9.17) is 4.84 Å². The highest BCUT2D eigenvalue weighted by Crippen LogP contribution is 2.65. The molecule has 1 heterocycles. The molecule has 1 saturated heterocycles. The van der Waals surface area contributed by atoms with E-state index in [9.17, 15) is 14.7 Å². The van der Waals surface area contributed by atoms with Crippen molar-refractivity contribution < 1.29 is 19.5 Å². The maximum absolute atomic E-state index is 13.7. The first kappa shape index (κ1) is 21.6. The minimum atomic E-state index is -0.360. The van der Waals surface area contributed by atoms with Crippen LogP contribution in [-0.4, -0.2) is 48.2 Å². The normalized spacial score (nSPS) is 48.4. The first-order chi connectivity index (χ1) is 14.9. The van der Waals surface area contributed by atoms with Crippen LogP contribution in [0.25, 0.3) is 0 Å². The number of hydrogen-bond donors (Lipinski definition) is 2. The van der Waals surface area contributed by atoms with Crippen LogP contribution in [0.4, 0.5) is 0 Å². The topological polar surface area (TPSA) is 88.0 Å². The van der Waals surface area contributed by atoms with Crippen molar-refractivity contribution in [1.29, 1.82) is 0 Å². The van der Waals surface area contributed by atoms with Gasteiger partial charge in [0.15, 0.2) is 0 Å². The summed E-state index contributed by atoms with van der Waals surface area (Å²) in [5, 5.41) is 18.7. The van der Waals surface area contributed by atoms with Crippen LogP contribution in [0.15, 0.2) is 5.16 Å². The van der Waals surface area contributed by atoms with Gasteiger partial charge in [-0.25, -0.2) is 0 Å². The van der Waals surface area contributed by atoms with E-state index in [2.05, 4.69) is 24.3 Å². The highest BCUT2D eigenvalue weighted by Gasteiger charge is 2.65. The van der Waals surface area contributed by atoms with Gasteiger partial charge in [-0.15, -0.1) is 0 Å². The van der Waals surface area contributed by atoms with Crippen LogP contribution in [0.3, 0.4) is 0 Å². The molecule has 5 rings (SSSR count). The molecule has 1 aliphatic heterocycles. The number of aliphatic hydroxyl groups is 1. The Hall–Kier alpha value is -1.27. The Morgan fingerprint density at radius 2 is 2.00 bits per heavy atom. The highest BCUT2D eigenvalue weighted by atomic mass is 16.6. The van der Waals surface area contributed by atoms with E-state index in [1.807, 2.05) is 0 Å². The van der Waals surface area contributed by atoms with Gasteiger partial charge in [0.2, 0.25) is 0 Å². The average molecular weight is 431 g/mol. The Bertz CT molecular complexity index is 775. The zero-order valence-corrected chi connectivity index (χ0v) is 19.1. The largest absolute Gasteiger partial charge is 0.396 e. The maximum Gasteiger partial charge on any atom is 0.141 e. The van der Waals surface area contributed by atoms with E-state index in [0.29, 0.717) is 36.2 Å². The van der Waals surface area contributed by atoms with Crippen molar-refractivity contribution in [2.45, 2.75) is 77.7 Å². The molecule has 0 aromatic carbocycles. The van der Waals surface area contributed by atoms with Gasteiger partial charge >= 0.3 is 0 Å². The lowest BCUT2D eigenvalue weighted by Gasteiger charge is -2.60. The third-order valence-corrected chi connectivity index (χ3v) is 10.0. The van der Waals surface area contributed by atoms with E-state index >= 15 is 0 Å². The van der Waals surface area contributed by atoms with E-state index < -0.39 is 0 Å². The monoisotopic (exact) mass is 430 g/mol. The molecule has 5 unspecified atom stereocenters. The number of carbonyl (C=O) groups excluding carboxylic acids is 2. The summed E-state index contributed by atoms with van der Waals surface area (Å²) in [6, 6.07) is 0. The SMILES string of the molecule is CC[C@H]1/C(=N/OC2CCNC2)CC[C@]2(CO)C3CC[C@]4(C)C(=O)CCC4C3CC(=O)C12. The van der Waals surface area contributed by atoms with E-state index in [0.717, 1.165) is 63.7 Å². The van der Waals surface area contributed by atoms with Crippen molar-refractivity contribution in [1.82, 2.24) is 5.32 Å². The fourth-order valence-corrected chi connectivity index (χ4v) is 8.41. The molecule has 5 aliphatic rings. The van der Waals surface area contributed by atoms with Crippen LogP contribution in [0.1, 0.15) is 71.6 Å². The van der Waals surface area contributed by atoms with Gasteiger partial charge in [-0.05, 0) is 62.8 Å². The number of hydrogen-bond acceptors (Lipinski definition) is 6.